The number of nitrogens with one attached hydrogen (secondary N) is 2. The minimum absolute atomic E-state index is 0. The van der Waals surface area contributed by atoms with E-state index in [1.807, 2.05) is 34.6 Å². The van der Waals surface area contributed by atoms with E-state index in [-0.39, 0.29) is 35.9 Å². The van der Waals surface area contributed by atoms with Crippen LogP contribution in [0.15, 0.2) is 4.99 Å². The Bertz CT molecular complexity index is 451. The molecule has 4 N–H and O–H groups in total. The summed E-state index contributed by atoms with van der Waals surface area (Å²) >= 11 is 0. The van der Waals surface area contributed by atoms with Crippen LogP contribution in [0.1, 0.15) is 54.4 Å². The molecule has 0 aromatic carbocycles. The van der Waals surface area contributed by atoms with Crippen molar-refractivity contribution < 1.29 is 9.53 Å². The number of ether oxygens (including phenoxy) is 1. The van der Waals surface area contributed by atoms with Crippen LogP contribution in [0.5, 0.6) is 0 Å². The number of guanidine groups is 1. The van der Waals surface area contributed by atoms with E-state index in [0.717, 1.165) is 19.6 Å². The Hall–Kier alpha value is -0.770. The molecular weight excluding hydrogens is 445 g/mol. The van der Waals surface area contributed by atoms with E-state index in [1.54, 1.807) is 0 Å². The third-order valence-electron chi connectivity index (χ3n) is 4.39. The first-order chi connectivity index (χ1) is 11.6. The molecule has 1 saturated heterocycles. The van der Waals surface area contributed by atoms with Gasteiger partial charge in [0.25, 0.3) is 0 Å². The van der Waals surface area contributed by atoms with Crippen molar-refractivity contribution in [3.63, 3.8) is 0 Å². The highest BCUT2D eigenvalue weighted by Crippen LogP contribution is 2.15. The minimum atomic E-state index is -0.512. The molecule has 0 aliphatic carbocycles. The topological polar surface area (TPSA) is 92.0 Å². The molecule has 8 heteroatoms. The summed E-state index contributed by atoms with van der Waals surface area (Å²) in [7, 11) is 0. The maximum absolute atomic E-state index is 12.0. The first-order valence-electron chi connectivity index (χ1n) is 9.39. The van der Waals surface area contributed by atoms with E-state index in [2.05, 4.69) is 27.4 Å². The van der Waals surface area contributed by atoms with Crippen molar-refractivity contribution in [2.75, 3.05) is 26.2 Å². The number of carbonyl (C=O) groups is 1. The number of aliphatic imine (C=N–C) groups is 1. The number of hydrogen-bond donors (Lipinski definition) is 3. The number of rotatable bonds is 7. The van der Waals surface area contributed by atoms with Gasteiger partial charge in [-0.25, -0.2) is 4.79 Å². The number of likely N-dealkylation sites (N-methyl/N-ethyl adjacent to an activating group) is 1. The molecule has 0 radical (unpaired) electrons. The van der Waals surface area contributed by atoms with Crippen molar-refractivity contribution in [3.8, 4) is 0 Å². The second-order valence-corrected chi connectivity index (χ2v) is 8.03. The largest absolute Gasteiger partial charge is 0.444 e. The molecule has 7 nitrogen and oxygen atoms in total. The van der Waals surface area contributed by atoms with Crippen LogP contribution in [0.25, 0.3) is 0 Å². The van der Waals surface area contributed by atoms with Crippen molar-refractivity contribution in [2.45, 2.75) is 72.1 Å². The molecule has 1 aliphatic rings. The second kappa shape index (κ2) is 11.8. The van der Waals surface area contributed by atoms with E-state index < -0.39 is 11.7 Å². The van der Waals surface area contributed by atoms with Gasteiger partial charge in [0.1, 0.15) is 5.60 Å². The van der Waals surface area contributed by atoms with Crippen LogP contribution in [0.2, 0.25) is 0 Å². The van der Waals surface area contributed by atoms with Crippen molar-refractivity contribution >= 4 is 36.0 Å². The number of nitrogens with two attached hydrogens (primary N) is 1. The molecule has 1 heterocycles. The monoisotopic (exact) mass is 483 g/mol. The summed E-state index contributed by atoms with van der Waals surface area (Å²) in [6.45, 7) is 15.3. The van der Waals surface area contributed by atoms with Crippen LogP contribution >= 0.6 is 24.0 Å². The van der Waals surface area contributed by atoms with Gasteiger partial charge in [-0.2, -0.15) is 0 Å². The van der Waals surface area contributed by atoms with E-state index in [4.69, 9.17) is 10.5 Å². The normalized spacial score (nSPS) is 19.8. The summed E-state index contributed by atoms with van der Waals surface area (Å²) in [5.74, 6) is 0.661. The molecule has 1 amide bonds. The molecule has 154 valence electrons. The van der Waals surface area contributed by atoms with Gasteiger partial charge in [0.2, 0.25) is 0 Å². The van der Waals surface area contributed by atoms with Crippen molar-refractivity contribution in [2.24, 2.45) is 16.6 Å². The van der Waals surface area contributed by atoms with Gasteiger partial charge in [0.05, 0.1) is 12.6 Å². The van der Waals surface area contributed by atoms with Crippen molar-refractivity contribution in [3.05, 3.63) is 0 Å². The summed E-state index contributed by atoms with van der Waals surface area (Å²) in [6, 6.07) is 0.411. The number of alkyl carbamates (subject to hydrolysis) is 1. The number of carbonyl (C=O) groups excluding carboxylic acids is 1. The molecule has 2 unspecified atom stereocenters. The maximum Gasteiger partial charge on any atom is 0.407 e. The van der Waals surface area contributed by atoms with Crippen LogP contribution in [0.3, 0.4) is 0 Å². The van der Waals surface area contributed by atoms with Gasteiger partial charge in [-0.05, 0) is 52.6 Å². The molecular formula is C18H38IN5O2. The number of nitrogens with zero attached hydrogens (tertiary/aromatic N) is 2. The van der Waals surface area contributed by atoms with E-state index in [1.165, 1.54) is 12.8 Å². The third-order valence-corrected chi connectivity index (χ3v) is 4.39. The molecule has 1 aliphatic heterocycles. The zero-order valence-electron chi connectivity index (χ0n) is 17.2. The van der Waals surface area contributed by atoms with E-state index in [0.29, 0.717) is 18.5 Å². The van der Waals surface area contributed by atoms with E-state index in [9.17, 15) is 4.79 Å². The first-order valence-corrected chi connectivity index (χ1v) is 9.39. The lowest BCUT2D eigenvalue weighted by atomic mass is 10.1. The van der Waals surface area contributed by atoms with Crippen LogP contribution < -0.4 is 16.4 Å². The number of halogens is 1. The highest BCUT2D eigenvalue weighted by Gasteiger charge is 2.23. The maximum atomic E-state index is 12.0. The number of likely N-dealkylation sites (tertiary alicyclic amines) is 1. The lowest BCUT2D eigenvalue weighted by Crippen LogP contribution is -2.45. The number of amides is 1. The Balaban J connectivity index is 0.00000625. The zero-order valence-corrected chi connectivity index (χ0v) is 19.5. The van der Waals surface area contributed by atoms with Gasteiger partial charge >= 0.3 is 6.09 Å². The molecule has 0 saturated carbocycles. The second-order valence-electron chi connectivity index (χ2n) is 8.03. The number of hydrogen-bond acceptors (Lipinski definition) is 4. The van der Waals surface area contributed by atoms with Gasteiger partial charge in [-0.15, -0.1) is 24.0 Å². The molecule has 0 aromatic heterocycles. The first kappa shape index (κ1) is 25.2. The Kier molecular flexibility index (Phi) is 11.5. The molecule has 2 atom stereocenters. The smallest absolute Gasteiger partial charge is 0.407 e. The molecule has 0 spiro atoms. The standard InChI is InChI=1S/C18H37N5O2.HI/c1-7-23-10-8-9-14(23)11-20-16(19)21-12-15(13(2)3)22-17(24)25-18(4,5)6;/h13-15H,7-12H2,1-6H3,(H,22,24)(H3,19,20,21);1H. The molecule has 1 rings (SSSR count). The summed E-state index contributed by atoms with van der Waals surface area (Å²) in [6.07, 6.45) is 2.02. The SMILES string of the molecule is CCN1CCCC1CNC(N)=NCC(NC(=O)OC(C)(C)C)C(C)C.I. The molecule has 0 bridgehead atoms. The molecule has 26 heavy (non-hydrogen) atoms. The quantitative estimate of drug-likeness (QED) is 0.294. The average Bonchev–Trinajstić information content (AvgIpc) is 2.94. The third kappa shape index (κ3) is 9.80. The lowest BCUT2D eigenvalue weighted by Gasteiger charge is -2.25. The fourth-order valence-electron chi connectivity index (χ4n) is 2.90. The Morgan fingerprint density at radius 2 is 2.04 bits per heavy atom. The zero-order chi connectivity index (χ0) is 19.0. The molecule has 1 fully saturated rings. The fraction of sp³-hybridized carbons (Fsp3) is 0.889. The summed E-state index contributed by atoms with van der Waals surface area (Å²) < 4.78 is 5.31. The van der Waals surface area contributed by atoms with Gasteiger partial charge < -0.3 is 21.1 Å². The predicted octanol–water partition coefficient (Wildman–Crippen LogP) is 2.54. The fourth-order valence-corrected chi connectivity index (χ4v) is 2.90. The van der Waals surface area contributed by atoms with Gasteiger partial charge in [-0.3, -0.25) is 9.89 Å². The Labute approximate surface area is 175 Å². The summed E-state index contributed by atoms with van der Waals surface area (Å²) in [4.78, 5) is 18.8. The van der Waals surface area contributed by atoms with Crippen molar-refractivity contribution in [1.82, 2.24) is 15.5 Å². The highest BCUT2D eigenvalue weighted by molar-refractivity contribution is 14.0. The highest BCUT2D eigenvalue weighted by atomic mass is 127. The van der Waals surface area contributed by atoms with Crippen LogP contribution in [-0.2, 0) is 4.74 Å². The minimum Gasteiger partial charge on any atom is -0.444 e. The van der Waals surface area contributed by atoms with Gasteiger partial charge in [0, 0.05) is 12.6 Å². The van der Waals surface area contributed by atoms with Crippen molar-refractivity contribution in [1.29, 1.82) is 0 Å². The lowest BCUT2D eigenvalue weighted by molar-refractivity contribution is 0.0493. The predicted molar refractivity (Wildman–Crippen MR) is 118 cm³/mol. The Morgan fingerprint density at radius 1 is 1.38 bits per heavy atom. The van der Waals surface area contributed by atoms with E-state index >= 15 is 0 Å². The van der Waals surface area contributed by atoms with Crippen LogP contribution in [-0.4, -0.2) is 60.8 Å². The van der Waals surface area contributed by atoms with Gasteiger partial charge in [-0.1, -0.05) is 20.8 Å². The summed E-state index contributed by atoms with van der Waals surface area (Å²) in [5, 5.41) is 6.10. The Morgan fingerprint density at radius 3 is 2.58 bits per heavy atom. The average molecular weight is 483 g/mol. The van der Waals surface area contributed by atoms with Gasteiger partial charge in [0.15, 0.2) is 5.96 Å². The molecule has 0 aromatic rings. The van der Waals surface area contributed by atoms with Crippen LogP contribution in [0, 0.1) is 5.92 Å². The van der Waals surface area contributed by atoms with Crippen LogP contribution in [0.4, 0.5) is 4.79 Å². The summed E-state index contributed by atoms with van der Waals surface area (Å²) in [5.41, 5.74) is 5.48.